The van der Waals surface area contributed by atoms with Gasteiger partial charge in [0.2, 0.25) is 0 Å². The van der Waals surface area contributed by atoms with Crippen LogP contribution in [0.25, 0.3) is 5.70 Å². The maximum absolute atomic E-state index is 4.30. The zero-order valence-corrected chi connectivity index (χ0v) is 15.8. The van der Waals surface area contributed by atoms with Crippen LogP contribution in [-0.2, 0) is 0 Å². The lowest BCUT2D eigenvalue weighted by Crippen LogP contribution is -2.38. The number of benzene rings is 1. The topological polar surface area (TPSA) is 15.3 Å². The molecular weight excluding hydrogens is 292 g/mol. The van der Waals surface area contributed by atoms with E-state index in [1.54, 1.807) is 0 Å². The van der Waals surface area contributed by atoms with Crippen LogP contribution in [0.15, 0.2) is 54.3 Å². The molecule has 0 saturated heterocycles. The predicted molar refractivity (Wildman–Crippen MR) is 106 cm³/mol. The molecule has 0 aliphatic carbocycles. The predicted octanol–water partition coefficient (Wildman–Crippen LogP) is 5.28. The SMILES string of the molecule is C=C(NC(=C)c1ccc(C)cc1)C1=C(C)C(CCCC)N(C)CC1. The van der Waals surface area contributed by atoms with Crippen molar-refractivity contribution in [1.82, 2.24) is 10.2 Å². The molecule has 1 unspecified atom stereocenters. The minimum atomic E-state index is 0.542. The molecule has 1 aromatic carbocycles. The summed E-state index contributed by atoms with van der Waals surface area (Å²) in [4.78, 5) is 2.48. The number of likely N-dealkylation sites (N-methyl/N-ethyl adjacent to an activating group) is 1. The number of aryl methyl sites for hydroxylation is 1. The van der Waals surface area contributed by atoms with Crippen LogP contribution in [0.5, 0.6) is 0 Å². The molecule has 130 valence electrons. The van der Waals surface area contributed by atoms with E-state index in [9.17, 15) is 0 Å². The van der Waals surface area contributed by atoms with Crippen LogP contribution in [-0.4, -0.2) is 24.5 Å². The molecule has 0 radical (unpaired) electrons. The molecule has 0 amide bonds. The molecule has 24 heavy (non-hydrogen) atoms. The standard InChI is InChI=1S/C22H32N2/c1-7-8-9-22-17(3)21(14-15-24(22)6)19(5)23-18(4)20-12-10-16(2)11-13-20/h10-13,22-23H,4-5,7-9,14-15H2,1-3,6H3. The molecule has 2 heteroatoms. The molecule has 2 rings (SSSR count). The lowest BCUT2D eigenvalue weighted by molar-refractivity contribution is 0.243. The van der Waals surface area contributed by atoms with Crippen LogP contribution in [0.3, 0.4) is 0 Å². The van der Waals surface area contributed by atoms with E-state index in [0.717, 1.165) is 29.9 Å². The van der Waals surface area contributed by atoms with E-state index in [4.69, 9.17) is 0 Å². The van der Waals surface area contributed by atoms with Crippen LogP contribution in [0, 0.1) is 6.92 Å². The zero-order chi connectivity index (χ0) is 17.7. The third-order valence-corrected chi connectivity index (χ3v) is 5.12. The van der Waals surface area contributed by atoms with E-state index in [0.29, 0.717) is 6.04 Å². The fraction of sp³-hybridized carbons (Fsp3) is 0.455. The van der Waals surface area contributed by atoms with Gasteiger partial charge in [0.15, 0.2) is 0 Å². The zero-order valence-electron chi connectivity index (χ0n) is 15.8. The molecular formula is C22H32N2. The van der Waals surface area contributed by atoms with Crippen molar-refractivity contribution in [2.45, 2.75) is 52.5 Å². The van der Waals surface area contributed by atoms with Crippen LogP contribution >= 0.6 is 0 Å². The molecule has 0 saturated carbocycles. The Kier molecular flexibility index (Phi) is 6.44. The summed E-state index contributed by atoms with van der Waals surface area (Å²) in [7, 11) is 2.24. The first kappa shape index (κ1) is 18.5. The van der Waals surface area contributed by atoms with Gasteiger partial charge in [-0.3, -0.25) is 4.90 Å². The Morgan fingerprint density at radius 1 is 1.17 bits per heavy atom. The minimum absolute atomic E-state index is 0.542. The molecule has 1 heterocycles. The van der Waals surface area contributed by atoms with Gasteiger partial charge in [-0.2, -0.15) is 0 Å². The second-order valence-corrected chi connectivity index (χ2v) is 7.00. The van der Waals surface area contributed by atoms with Gasteiger partial charge in [-0.05, 0) is 44.9 Å². The molecule has 1 atom stereocenters. The normalized spacial score (nSPS) is 18.6. The van der Waals surface area contributed by atoms with Gasteiger partial charge in [0.1, 0.15) is 0 Å². The summed E-state index contributed by atoms with van der Waals surface area (Å²) >= 11 is 0. The first-order valence-electron chi connectivity index (χ1n) is 9.06. The minimum Gasteiger partial charge on any atom is -0.356 e. The molecule has 1 aromatic rings. The van der Waals surface area contributed by atoms with Gasteiger partial charge in [-0.25, -0.2) is 0 Å². The van der Waals surface area contributed by atoms with Gasteiger partial charge in [0.05, 0.1) is 0 Å². The van der Waals surface area contributed by atoms with Gasteiger partial charge < -0.3 is 5.32 Å². The molecule has 2 nitrogen and oxygen atoms in total. The average Bonchev–Trinajstić information content (AvgIpc) is 2.55. The smallest absolute Gasteiger partial charge is 0.0384 e. The van der Waals surface area contributed by atoms with Crippen LogP contribution < -0.4 is 5.32 Å². The van der Waals surface area contributed by atoms with E-state index < -0.39 is 0 Å². The van der Waals surface area contributed by atoms with E-state index >= 15 is 0 Å². The summed E-state index contributed by atoms with van der Waals surface area (Å²) < 4.78 is 0. The van der Waals surface area contributed by atoms with E-state index in [1.165, 1.54) is 36.0 Å². The van der Waals surface area contributed by atoms with E-state index in [2.05, 4.69) is 75.5 Å². The Morgan fingerprint density at radius 3 is 2.46 bits per heavy atom. The van der Waals surface area contributed by atoms with Crippen molar-refractivity contribution >= 4 is 5.70 Å². The van der Waals surface area contributed by atoms with Crippen molar-refractivity contribution in [2.75, 3.05) is 13.6 Å². The summed E-state index contributed by atoms with van der Waals surface area (Å²) in [5.74, 6) is 0. The summed E-state index contributed by atoms with van der Waals surface area (Å²) in [5.41, 5.74) is 7.15. The second-order valence-electron chi connectivity index (χ2n) is 7.00. The lowest BCUT2D eigenvalue weighted by atomic mass is 9.89. The highest BCUT2D eigenvalue weighted by atomic mass is 15.1. The van der Waals surface area contributed by atoms with Gasteiger partial charge >= 0.3 is 0 Å². The van der Waals surface area contributed by atoms with Crippen molar-refractivity contribution in [3.05, 3.63) is 65.4 Å². The summed E-state index contributed by atoms with van der Waals surface area (Å²) in [6.07, 6.45) is 4.80. The van der Waals surface area contributed by atoms with Crippen LogP contribution in [0.4, 0.5) is 0 Å². The molecule has 1 aliphatic rings. The number of nitrogens with one attached hydrogen (secondary N) is 1. The number of allylic oxidation sites excluding steroid dienone is 1. The lowest BCUT2D eigenvalue weighted by Gasteiger charge is -2.36. The Bertz CT molecular complexity index is 622. The monoisotopic (exact) mass is 324 g/mol. The third-order valence-electron chi connectivity index (χ3n) is 5.12. The van der Waals surface area contributed by atoms with Crippen LogP contribution in [0.2, 0.25) is 0 Å². The van der Waals surface area contributed by atoms with Crippen molar-refractivity contribution in [2.24, 2.45) is 0 Å². The first-order chi connectivity index (χ1) is 11.4. The Labute approximate surface area is 148 Å². The number of unbranched alkanes of at least 4 members (excludes halogenated alkanes) is 1. The van der Waals surface area contributed by atoms with E-state index in [-0.39, 0.29) is 0 Å². The molecule has 0 aromatic heterocycles. The summed E-state index contributed by atoms with van der Waals surface area (Å²) in [6, 6.07) is 8.99. The number of nitrogens with zero attached hydrogens (tertiary/aromatic N) is 1. The van der Waals surface area contributed by atoms with Crippen molar-refractivity contribution in [1.29, 1.82) is 0 Å². The highest BCUT2D eigenvalue weighted by Gasteiger charge is 2.25. The maximum atomic E-state index is 4.30. The highest BCUT2D eigenvalue weighted by Crippen LogP contribution is 2.29. The van der Waals surface area contributed by atoms with E-state index in [1.807, 2.05) is 0 Å². The Morgan fingerprint density at radius 2 is 1.83 bits per heavy atom. The van der Waals surface area contributed by atoms with Crippen molar-refractivity contribution in [3.8, 4) is 0 Å². The molecule has 1 aliphatic heterocycles. The number of hydrogen-bond acceptors (Lipinski definition) is 2. The fourth-order valence-electron chi connectivity index (χ4n) is 3.48. The largest absolute Gasteiger partial charge is 0.356 e. The Balaban J connectivity index is 2.11. The van der Waals surface area contributed by atoms with Crippen LogP contribution in [0.1, 0.15) is 50.7 Å². The first-order valence-corrected chi connectivity index (χ1v) is 9.06. The molecule has 0 fully saturated rings. The van der Waals surface area contributed by atoms with Gasteiger partial charge in [-0.1, -0.05) is 68.3 Å². The van der Waals surface area contributed by atoms with Crippen molar-refractivity contribution < 1.29 is 0 Å². The van der Waals surface area contributed by atoms with Gasteiger partial charge in [0, 0.05) is 24.0 Å². The average molecular weight is 325 g/mol. The summed E-state index contributed by atoms with van der Waals surface area (Å²) in [5, 5.41) is 3.44. The molecule has 0 spiro atoms. The van der Waals surface area contributed by atoms with Gasteiger partial charge in [0.25, 0.3) is 0 Å². The van der Waals surface area contributed by atoms with Gasteiger partial charge in [-0.15, -0.1) is 0 Å². The van der Waals surface area contributed by atoms with Crippen molar-refractivity contribution in [3.63, 3.8) is 0 Å². The summed E-state index contributed by atoms with van der Waals surface area (Å²) in [6.45, 7) is 16.2. The second kappa shape index (κ2) is 8.34. The highest BCUT2D eigenvalue weighted by molar-refractivity contribution is 5.64. The maximum Gasteiger partial charge on any atom is 0.0384 e. The number of hydrogen-bond donors (Lipinski definition) is 1. The quantitative estimate of drug-likeness (QED) is 0.734. The third kappa shape index (κ3) is 4.39. The molecule has 1 N–H and O–H groups in total. The number of rotatable bonds is 7. The Hall–Kier alpha value is -1.80. The molecule has 0 bridgehead atoms. The fourth-order valence-corrected chi connectivity index (χ4v) is 3.48.